The first-order valence-corrected chi connectivity index (χ1v) is 9.22. The number of nitrogens with one attached hydrogen (secondary N) is 1. The van der Waals surface area contributed by atoms with Crippen molar-refractivity contribution in [3.63, 3.8) is 0 Å². The lowest BCUT2D eigenvalue weighted by Crippen LogP contribution is -2.60. The Morgan fingerprint density at radius 3 is 1.55 bits per heavy atom. The Morgan fingerprint density at radius 2 is 1.13 bits per heavy atom. The van der Waals surface area contributed by atoms with E-state index < -0.39 is 47.9 Å². The van der Waals surface area contributed by atoms with Crippen LogP contribution in [0.1, 0.15) is 0 Å². The first-order chi connectivity index (χ1) is 17.0. The molecule has 0 saturated carbocycles. The minimum atomic E-state index is -6.77. The average Bonchev–Trinajstić information content (AvgIpc) is 2.78. The molecule has 0 unspecified atom stereocenters. The molecule has 0 fully saturated rings. The molecule has 1 aromatic rings. The van der Waals surface area contributed by atoms with Gasteiger partial charge < -0.3 is 0 Å². The number of rotatable bonds is 5. The summed E-state index contributed by atoms with van der Waals surface area (Å²) in [5.41, 5.74) is 1.15. The van der Waals surface area contributed by atoms with Crippen LogP contribution in [0, 0.1) is 0 Å². The highest BCUT2D eigenvalue weighted by Gasteiger charge is 2.77. The molecule has 2 amide bonds. The second-order valence-corrected chi connectivity index (χ2v) is 7.10. The van der Waals surface area contributed by atoms with Gasteiger partial charge in [-0.2, -0.15) is 61.5 Å². The monoisotopic (exact) mass is 579 g/mol. The SMILES string of the molecule is O=C(N=[n+]1ccc(=C2C=CN(NC(=O)C(F)(F)C(F)(F)C(F)(F)F)C=C2)cc1)C(F)(F)C(F)(F)C(F)(F)F. The average molecular weight is 579 g/mol. The van der Waals surface area contributed by atoms with Gasteiger partial charge in [-0.3, -0.25) is 20.0 Å². The molecule has 38 heavy (non-hydrogen) atoms. The number of amides is 2. The Balaban J connectivity index is 2.22. The molecule has 0 saturated heterocycles. The van der Waals surface area contributed by atoms with Crippen LogP contribution in [0.25, 0.3) is 5.57 Å². The number of pyridine rings is 1. The van der Waals surface area contributed by atoms with Crippen molar-refractivity contribution in [1.82, 2.24) is 10.4 Å². The van der Waals surface area contributed by atoms with E-state index in [0.717, 1.165) is 29.7 Å². The van der Waals surface area contributed by atoms with Crippen LogP contribution in [0.3, 0.4) is 0 Å². The lowest BCUT2D eigenvalue weighted by Gasteiger charge is -2.29. The molecule has 1 aliphatic rings. The minimum absolute atomic E-state index is 0.0590. The van der Waals surface area contributed by atoms with E-state index in [2.05, 4.69) is 5.11 Å². The van der Waals surface area contributed by atoms with Crippen LogP contribution in [-0.4, -0.2) is 52.9 Å². The molecule has 1 N–H and O–H groups in total. The van der Waals surface area contributed by atoms with Crippen molar-refractivity contribution < 1.29 is 75.4 Å². The highest BCUT2D eigenvalue weighted by molar-refractivity contribution is 5.85. The summed E-state index contributed by atoms with van der Waals surface area (Å²) < 4.78 is 178. The summed E-state index contributed by atoms with van der Waals surface area (Å²) in [6, 6.07) is 1.88. The fourth-order valence-corrected chi connectivity index (χ4v) is 2.36. The van der Waals surface area contributed by atoms with Crippen LogP contribution in [-0.2, 0) is 9.59 Å². The number of carbonyl (C=O) groups is 2. The van der Waals surface area contributed by atoms with Crippen LogP contribution in [0.15, 0.2) is 54.2 Å². The standard InChI is InChI=1S/C18H8F14N4O2/c19-13(20,15(23,24)17(27,28)29)11(37)33-35-5-1-9(2-6-35)10-3-7-36(8-4-10)34-12(38)14(21,22)16(25,26)18(30,31)32/h1-8H/p+1. The molecule has 1 aromatic heterocycles. The highest BCUT2D eigenvalue weighted by atomic mass is 19.4. The van der Waals surface area contributed by atoms with Gasteiger partial charge in [0.1, 0.15) is 0 Å². The Kier molecular flexibility index (Phi) is 7.65. The topological polar surface area (TPSA) is 67.7 Å². The summed E-state index contributed by atoms with van der Waals surface area (Å²) in [7, 11) is 0. The summed E-state index contributed by atoms with van der Waals surface area (Å²) in [4.78, 5) is 22.6. The normalized spacial score (nSPS) is 15.5. The Morgan fingerprint density at radius 1 is 0.711 bits per heavy atom. The number of hydrogen-bond donors (Lipinski definition) is 1. The van der Waals surface area contributed by atoms with E-state index >= 15 is 0 Å². The molecular weight excluding hydrogens is 570 g/mol. The van der Waals surface area contributed by atoms with Gasteiger partial charge in [-0.1, -0.05) is 4.36 Å². The fraction of sp³-hybridized carbons (Fsp3) is 0.333. The maximum absolute atomic E-state index is 13.4. The first-order valence-electron chi connectivity index (χ1n) is 9.22. The summed E-state index contributed by atoms with van der Waals surface area (Å²) in [6.45, 7) is 0. The third kappa shape index (κ3) is 5.42. The summed E-state index contributed by atoms with van der Waals surface area (Å²) in [5, 5.41) is 2.76. The van der Waals surface area contributed by atoms with E-state index in [-0.39, 0.29) is 20.2 Å². The third-order valence-corrected chi connectivity index (χ3v) is 4.47. The van der Waals surface area contributed by atoms with E-state index in [9.17, 15) is 71.1 Å². The van der Waals surface area contributed by atoms with E-state index in [1.807, 2.05) is 0 Å². The largest absolute Gasteiger partial charge is 0.460 e. The van der Waals surface area contributed by atoms with Crippen LogP contribution in [0.4, 0.5) is 61.5 Å². The highest BCUT2D eigenvalue weighted by Crippen LogP contribution is 2.47. The second kappa shape index (κ2) is 9.53. The van der Waals surface area contributed by atoms with Crippen molar-refractivity contribution >= 4 is 17.4 Å². The van der Waals surface area contributed by atoms with Crippen molar-refractivity contribution in [1.29, 1.82) is 0 Å². The molecule has 0 aliphatic carbocycles. The number of hydrazine groups is 1. The maximum Gasteiger partial charge on any atom is 0.460 e. The molecular formula is C18H9F14N4O2+. The third-order valence-electron chi connectivity index (χ3n) is 4.47. The van der Waals surface area contributed by atoms with Gasteiger partial charge in [-0.25, -0.2) is 0 Å². The molecule has 0 spiro atoms. The molecule has 0 atom stereocenters. The van der Waals surface area contributed by atoms with Gasteiger partial charge in [0.05, 0.1) is 5.11 Å². The molecule has 0 bridgehead atoms. The van der Waals surface area contributed by atoms with Crippen molar-refractivity contribution in [3.05, 3.63) is 54.3 Å². The van der Waals surface area contributed by atoms with Gasteiger partial charge >= 0.3 is 47.9 Å². The molecule has 6 nitrogen and oxygen atoms in total. The number of hydrogen-bond acceptors (Lipinski definition) is 3. The van der Waals surface area contributed by atoms with Crippen LogP contribution in [0.5, 0.6) is 0 Å². The molecule has 0 aromatic carbocycles. The van der Waals surface area contributed by atoms with Crippen molar-refractivity contribution in [2.75, 3.05) is 0 Å². The molecule has 1 aliphatic heterocycles. The van der Waals surface area contributed by atoms with Gasteiger partial charge in [0.15, 0.2) is 0 Å². The van der Waals surface area contributed by atoms with Crippen LogP contribution in [0.2, 0.25) is 0 Å². The second-order valence-electron chi connectivity index (χ2n) is 7.10. The number of aromatic nitrogens is 1. The number of nitrogens with zero attached hydrogens (tertiary/aromatic N) is 3. The molecule has 0 radical (unpaired) electrons. The molecule has 20 heteroatoms. The number of halogens is 14. The fourth-order valence-electron chi connectivity index (χ4n) is 2.36. The number of alkyl halides is 14. The van der Waals surface area contributed by atoms with Gasteiger partial charge in [0.2, 0.25) is 12.4 Å². The number of allylic oxidation sites excluding steroid dienone is 2. The van der Waals surface area contributed by atoms with Gasteiger partial charge in [0.25, 0.3) is 0 Å². The van der Waals surface area contributed by atoms with E-state index in [4.69, 9.17) is 0 Å². The predicted octanol–water partition coefficient (Wildman–Crippen LogP) is 3.72. The van der Waals surface area contributed by atoms with Gasteiger partial charge in [-0.05, 0) is 22.9 Å². The van der Waals surface area contributed by atoms with E-state index in [0.29, 0.717) is 24.8 Å². The summed E-state index contributed by atoms with van der Waals surface area (Å²) >= 11 is 0. The smallest absolute Gasteiger partial charge is 0.268 e. The van der Waals surface area contributed by atoms with E-state index in [1.165, 1.54) is 0 Å². The van der Waals surface area contributed by atoms with Gasteiger partial charge in [0, 0.05) is 24.5 Å². The quantitative estimate of drug-likeness (QED) is 0.428. The lowest BCUT2D eigenvalue weighted by molar-refractivity contribution is -0.544. The zero-order chi connectivity index (χ0) is 29.5. The minimum Gasteiger partial charge on any atom is -0.268 e. The van der Waals surface area contributed by atoms with Crippen molar-refractivity contribution in [3.8, 4) is 0 Å². The lowest BCUT2D eigenvalue weighted by atomic mass is 10.1. The zero-order valence-corrected chi connectivity index (χ0v) is 17.6. The summed E-state index contributed by atoms with van der Waals surface area (Å²) in [6.07, 6.45) is -8.91. The van der Waals surface area contributed by atoms with Crippen LogP contribution < -0.4 is 15.0 Å². The Hall–Kier alpha value is -3.74. The molecule has 2 heterocycles. The Bertz CT molecular complexity index is 1240. The molecule has 210 valence electrons. The first kappa shape index (κ1) is 30.5. The number of carbonyl (C=O) groups excluding carboxylic acids is 2. The predicted molar refractivity (Wildman–Crippen MR) is 92.7 cm³/mol. The molecule has 2 rings (SSSR count). The van der Waals surface area contributed by atoms with Gasteiger partial charge in [-0.15, -0.1) is 0 Å². The zero-order valence-electron chi connectivity index (χ0n) is 17.6. The van der Waals surface area contributed by atoms with Crippen LogP contribution >= 0.6 is 0 Å². The summed E-state index contributed by atoms with van der Waals surface area (Å²) in [5.74, 6) is -32.0. The van der Waals surface area contributed by atoms with Crippen molar-refractivity contribution in [2.24, 2.45) is 5.11 Å². The van der Waals surface area contributed by atoms with E-state index in [1.54, 1.807) is 0 Å². The maximum atomic E-state index is 13.4. The van der Waals surface area contributed by atoms with Crippen molar-refractivity contribution in [2.45, 2.75) is 36.0 Å². The Labute approximate surface area is 199 Å².